The molecule has 5 rings (SSSR count). The first-order chi connectivity index (χ1) is 19.5. The molecule has 3 aromatic carbocycles. The number of aromatic nitrogens is 1. The second-order valence-electron chi connectivity index (χ2n) is 9.38. The normalized spacial score (nSPS) is 16.4. The van der Waals surface area contributed by atoms with E-state index < -0.39 is 29.7 Å². The quantitative estimate of drug-likeness (QED) is 0.311. The van der Waals surface area contributed by atoms with Crippen molar-refractivity contribution in [1.82, 2.24) is 20.5 Å². The maximum Gasteiger partial charge on any atom is 0.407 e. The largest absolute Gasteiger partial charge is 0.445 e. The molecule has 1 saturated heterocycles. The summed E-state index contributed by atoms with van der Waals surface area (Å²) in [5, 5.41) is 5.13. The lowest BCUT2D eigenvalue weighted by atomic mass is 9.91. The molecule has 1 fully saturated rings. The van der Waals surface area contributed by atoms with Crippen molar-refractivity contribution in [2.45, 2.75) is 25.0 Å². The molecular weight excluding hydrogens is 512 g/mol. The average Bonchev–Trinajstić information content (AvgIpc) is 3.64. The number of likely N-dealkylation sites (tertiary alicyclic amines) is 1. The summed E-state index contributed by atoms with van der Waals surface area (Å²) < 4.78 is 10.7. The Hall–Kier alpha value is -4.99. The average molecular weight is 541 g/mol. The lowest BCUT2D eigenvalue weighted by Gasteiger charge is -2.27. The maximum atomic E-state index is 13.4. The Balaban J connectivity index is 1.23. The van der Waals surface area contributed by atoms with Gasteiger partial charge in [0.2, 0.25) is 17.6 Å². The summed E-state index contributed by atoms with van der Waals surface area (Å²) in [6, 6.07) is 24.7. The number of para-hydroxylation sites is 2. The van der Waals surface area contributed by atoms with Crippen LogP contribution in [0.4, 0.5) is 4.79 Å². The van der Waals surface area contributed by atoms with Gasteiger partial charge in [-0.05, 0) is 29.7 Å². The van der Waals surface area contributed by atoms with Crippen LogP contribution in [0, 0.1) is 0 Å². The van der Waals surface area contributed by atoms with Gasteiger partial charge >= 0.3 is 6.09 Å². The fourth-order valence-corrected chi connectivity index (χ4v) is 4.81. The Morgan fingerprint density at radius 2 is 1.57 bits per heavy atom. The molecule has 0 bridgehead atoms. The van der Waals surface area contributed by atoms with Gasteiger partial charge in [-0.3, -0.25) is 14.4 Å². The molecule has 4 aromatic rings. The number of benzene rings is 3. The predicted molar refractivity (Wildman–Crippen MR) is 145 cm³/mol. The van der Waals surface area contributed by atoms with Gasteiger partial charge in [-0.1, -0.05) is 72.8 Å². The lowest BCUT2D eigenvalue weighted by Crippen LogP contribution is -2.51. The van der Waals surface area contributed by atoms with E-state index in [1.165, 1.54) is 4.90 Å². The number of nitrogens with one attached hydrogen (secondary N) is 2. The molecule has 10 nitrogen and oxygen atoms in total. The minimum atomic E-state index is -0.867. The van der Waals surface area contributed by atoms with Crippen molar-refractivity contribution in [2.24, 2.45) is 0 Å². The third kappa shape index (κ3) is 6.17. The second kappa shape index (κ2) is 12.2. The topological polar surface area (TPSA) is 131 Å². The van der Waals surface area contributed by atoms with E-state index in [1.807, 2.05) is 60.7 Å². The SMILES string of the molecule is O=C(NCC(=O)N1CC[C@H](c2ccccc2)C1C(=O)NCC(=O)c1nc2ccccc2o1)OCc1ccccc1. The number of hydrogen-bond acceptors (Lipinski definition) is 7. The minimum Gasteiger partial charge on any atom is -0.445 e. The molecule has 204 valence electrons. The highest BCUT2D eigenvalue weighted by molar-refractivity contribution is 5.99. The summed E-state index contributed by atoms with van der Waals surface area (Å²) in [4.78, 5) is 57.1. The van der Waals surface area contributed by atoms with Gasteiger partial charge in [0.05, 0.1) is 6.54 Å². The fourth-order valence-electron chi connectivity index (χ4n) is 4.81. The van der Waals surface area contributed by atoms with E-state index in [0.717, 1.165) is 11.1 Å². The zero-order valence-electron chi connectivity index (χ0n) is 21.6. The maximum absolute atomic E-state index is 13.4. The highest BCUT2D eigenvalue weighted by Gasteiger charge is 2.42. The molecule has 1 aromatic heterocycles. The number of carbonyl (C=O) groups excluding carboxylic acids is 4. The molecule has 1 aliphatic heterocycles. The Labute approximate surface area is 230 Å². The van der Waals surface area contributed by atoms with E-state index in [0.29, 0.717) is 24.1 Å². The molecule has 1 aliphatic rings. The molecule has 10 heteroatoms. The molecule has 1 unspecified atom stereocenters. The number of ketones is 1. The zero-order valence-corrected chi connectivity index (χ0v) is 21.6. The molecule has 2 N–H and O–H groups in total. The van der Waals surface area contributed by atoms with Crippen LogP contribution in [0.15, 0.2) is 89.3 Å². The van der Waals surface area contributed by atoms with Crippen LogP contribution in [-0.4, -0.2) is 59.3 Å². The molecule has 0 aliphatic carbocycles. The summed E-state index contributed by atoms with van der Waals surface area (Å²) >= 11 is 0. The van der Waals surface area contributed by atoms with E-state index in [2.05, 4.69) is 15.6 Å². The van der Waals surface area contributed by atoms with Crippen molar-refractivity contribution in [2.75, 3.05) is 19.6 Å². The van der Waals surface area contributed by atoms with Crippen LogP contribution in [0.5, 0.6) is 0 Å². The van der Waals surface area contributed by atoms with Gasteiger partial charge in [-0.2, -0.15) is 0 Å². The minimum absolute atomic E-state index is 0.0693. The number of oxazole rings is 1. The zero-order chi connectivity index (χ0) is 27.9. The number of hydrogen-bond donors (Lipinski definition) is 2. The van der Waals surface area contributed by atoms with Gasteiger partial charge in [0.15, 0.2) is 5.58 Å². The number of Topliss-reactive ketones (excluding diaryl/α,β-unsaturated/α-hetero) is 1. The van der Waals surface area contributed by atoms with Crippen molar-refractivity contribution in [3.8, 4) is 0 Å². The predicted octanol–water partition coefficient (Wildman–Crippen LogP) is 3.44. The number of rotatable bonds is 9. The van der Waals surface area contributed by atoms with Crippen LogP contribution in [0.3, 0.4) is 0 Å². The van der Waals surface area contributed by atoms with Crippen LogP contribution >= 0.6 is 0 Å². The summed E-state index contributed by atoms with van der Waals surface area (Å²) in [6.45, 7) is -0.285. The van der Waals surface area contributed by atoms with E-state index >= 15 is 0 Å². The number of nitrogens with zero attached hydrogens (tertiary/aromatic N) is 2. The molecule has 40 heavy (non-hydrogen) atoms. The van der Waals surface area contributed by atoms with Crippen molar-refractivity contribution in [1.29, 1.82) is 0 Å². The number of alkyl carbamates (subject to hydrolysis) is 1. The first-order valence-electron chi connectivity index (χ1n) is 12.9. The number of ether oxygens (including phenoxy) is 1. The van der Waals surface area contributed by atoms with Gasteiger partial charge in [0, 0.05) is 12.5 Å². The summed E-state index contributed by atoms with van der Waals surface area (Å²) in [5.41, 5.74) is 2.74. The van der Waals surface area contributed by atoms with Crippen molar-refractivity contribution >= 4 is 34.8 Å². The van der Waals surface area contributed by atoms with Gasteiger partial charge in [-0.15, -0.1) is 0 Å². The lowest BCUT2D eigenvalue weighted by molar-refractivity contribution is -0.138. The molecule has 0 saturated carbocycles. The number of amides is 3. The Bertz CT molecular complexity index is 1470. The van der Waals surface area contributed by atoms with Gasteiger partial charge in [0.25, 0.3) is 5.89 Å². The standard InChI is InChI=1S/C30H28N4O6/c35-24(29-33-23-13-7-8-14-25(23)40-29)17-31-28(37)27-22(21-11-5-2-6-12-21)15-16-34(27)26(36)18-32-30(38)39-19-20-9-3-1-4-10-20/h1-14,22,27H,15-19H2,(H,31,37)(H,32,38)/t22-,27?/m1/s1. The number of fused-ring (bicyclic) bond motifs is 1. The molecule has 2 atom stereocenters. The highest BCUT2D eigenvalue weighted by Crippen LogP contribution is 2.33. The van der Waals surface area contributed by atoms with Crippen LogP contribution in [0.1, 0.15) is 34.2 Å². The van der Waals surface area contributed by atoms with Crippen molar-refractivity contribution in [3.63, 3.8) is 0 Å². The smallest absolute Gasteiger partial charge is 0.407 e. The first kappa shape index (κ1) is 26.6. The van der Waals surface area contributed by atoms with E-state index in [4.69, 9.17) is 9.15 Å². The summed E-state index contributed by atoms with van der Waals surface area (Å²) in [5.74, 6) is -1.77. The van der Waals surface area contributed by atoms with Crippen molar-refractivity contribution in [3.05, 3.63) is 102 Å². The molecular formula is C30H28N4O6. The van der Waals surface area contributed by atoms with E-state index in [9.17, 15) is 19.2 Å². The Morgan fingerprint density at radius 3 is 2.33 bits per heavy atom. The van der Waals surface area contributed by atoms with Gasteiger partial charge in [-0.25, -0.2) is 9.78 Å². The fraction of sp³-hybridized carbons (Fsp3) is 0.233. The summed E-state index contributed by atoms with van der Waals surface area (Å²) in [7, 11) is 0. The molecule has 3 amide bonds. The van der Waals surface area contributed by atoms with Crippen LogP contribution in [0.25, 0.3) is 11.1 Å². The third-order valence-corrected chi connectivity index (χ3v) is 6.77. The molecule has 0 radical (unpaired) electrons. The van der Waals surface area contributed by atoms with Crippen LogP contribution in [0.2, 0.25) is 0 Å². The van der Waals surface area contributed by atoms with Crippen LogP contribution < -0.4 is 10.6 Å². The van der Waals surface area contributed by atoms with E-state index in [-0.39, 0.29) is 31.5 Å². The van der Waals surface area contributed by atoms with Crippen molar-refractivity contribution < 1.29 is 28.3 Å². The highest BCUT2D eigenvalue weighted by atomic mass is 16.5. The second-order valence-corrected chi connectivity index (χ2v) is 9.38. The third-order valence-electron chi connectivity index (χ3n) is 6.77. The van der Waals surface area contributed by atoms with Gasteiger partial charge in [0.1, 0.15) is 24.7 Å². The Morgan fingerprint density at radius 1 is 0.875 bits per heavy atom. The number of carbonyl (C=O) groups is 4. The monoisotopic (exact) mass is 540 g/mol. The van der Waals surface area contributed by atoms with E-state index in [1.54, 1.807) is 24.3 Å². The molecule has 0 spiro atoms. The van der Waals surface area contributed by atoms with Crippen LogP contribution in [-0.2, 0) is 20.9 Å². The summed E-state index contributed by atoms with van der Waals surface area (Å²) in [6.07, 6.45) is -0.188. The van der Waals surface area contributed by atoms with Gasteiger partial charge < -0.3 is 24.7 Å². The first-order valence-corrected chi connectivity index (χ1v) is 12.9. The molecule has 2 heterocycles. The Kier molecular flexibility index (Phi) is 8.15.